The van der Waals surface area contributed by atoms with Crippen LogP contribution in [0.25, 0.3) is 0 Å². The van der Waals surface area contributed by atoms with Crippen LogP contribution in [-0.4, -0.2) is 12.0 Å². The second kappa shape index (κ2) is 7.36. The molecular weight excluding hydrogens is 335 g/mol. The third-order valence-electron chi connectivity index (χ3n) is 3.26. The molecule has 0 radical (unpaired) electrons. The molecule has 0 heterocycles. The molecule has 1 unspecified atom stereocenters. The van der Waals surface area contributed by atoms with Crippen LogP contribution in [-0.2, 0) is 4.79 Å². The SMILES string of the molecule is Cc1c(Cl)ccc(OC(C)C(=O)Nc2ccccc2C#N)c1Cl. The molecule has 23 heavy (non-hydrogen) atoms. The van der Waals surface area contributed by atoms with Crippen molar-refractivity contribution in [2.24, 2.45) is 0 Å². The average Bonchev–Trinajstić information content (AvgIpc) is 2.55. The van der Waals surface area contributed by atoms with Crippen LogP contribution in [0.15, 0.2) is 36.4 Å². The molecule has 1 atom stereocenters. The molecular formula is C17H14Cl2N2O2. The van der Waals surface area contributed by atoms with Gasteiger partial charge in [0.2, 0.25) is 0 Å². The summed E-state index contributed by atoms with van der Waals surface area (Å²) in [6, 6.07) is 12.0. The molecule has 1 amide bonds. The highest BCUT2D eigenvalue weighted by molar-refractivity contribution is 6.36. The molecule has 118 valence electrons. The average molecular weight is 349 g/mol. The molecule has 0 aromatic heterocycles. The molecule has 0 aliphatic rings. The molecule has 0 fully saturated rings. The highest BCUT2D eigenvalue weighted by Gasteiger charge is 2.18. The first-order valence-corrected chi connectivity index (χ1v) is 7.61. The minimum Gasteiger partial charge on any atom is -0.479 e. The zero-order valence-corrected chi connectivity index (χ0v) is 14.1. The number of halogens is 2. The summed E-state index contributed by atoms with van der Waals surface area (Å²) in [6.07, 6.45) is -0.792. The van der Waals surface area contributed by atoms with Crippen LogP contribution in [0, 0.1) is 18.3 Å². The number of carbonyl (C=O) groups excluding carboxylic acids is 1. The molecule has 0 aliphatic heterocycles. The minimum atomic E-state index is -0.792. The Morgan fingerprint density at radius 1 is 1.26 bits per heavy atom. The van der Waals surface area contributed by atoms with Gasteiger partial charge in [-0.3, -0.25) is 4.79 Å². The van der Waals surface area contributed by atoms with Gasteiger partial charge < -0.3 is 10.1 Å². The van der Waals surface area contributed by atoms with Gasteiger partial charge in [-0.2, -0.15) is 5.26 Å². The van der Waals surface area contributed by atoms with Crippen LogP contribution in [0.5, 0.6) is 5.75 Å². The van der Waals surface area contributed by atoms with E-state index in [1.54, 1.807) is 50.2 Å². The third kappa shape index (κ3) is 3.95. The molecule has 0 saturated carbocycles. The van der Waals surface area contributed by atoms with Crippen molar-refractivity contribution >= 4 is 34.8 Å². The number of nitriles is 1. The van der Waals surface area contributed by atoms with E-state index in [1.165, 1.54) is 0 Å². The van der Waals surface area contributed by atoms with Gasteiger partial charge in [-0.1, -0.05) is 35.3 Å². The van der Waals surface area contributed by atoms with E-state index in [4.69, 9.17) is 33.2 Å². The van der Waals surface area contributed by atoms with Gasteiger partial charge >= 0.3 is 0 Å². The molecule has 0 saturated heterocycles. The molecule has 2 rings (SSSR count). The summed E-state index contributed by atoms with van der Waals surface area (Å²) >= 11 is 12.1. The monoisotopic (exact) mass is 348 g/mol. The van der Waals surface area contributed by atoms with E-state index in [-0.39, 0.29) is 5.91 Å². The summed E-state index contributed by atoms with van der Waals surface area (Å²) in [5, 5.41) is 12.6. The van der Waals surface area contributed by atoms with Crippen LogP contribution in [0.1, 0.15) is 18.1 Å². The first-order chi connectivity index (χ1) is 10.9. The van der Waals surface area contributed by atoms with Crippen molar-refractivity contribution in [2.75, 3.05) is 5.32 Å². The van der Waals surface area contributed by atoms with Crippen molar-refractivity contribution in [2.45, 2.75) is 20.0 Å². The topological polar surface area (TPSA) is 62.1 Å². The number of nitrogens with one attached hydrogen (secondary N) is 1. The Bertz CT molecular complexity index is 785. The Labute approximate surface area is 144 Å². The van der Waals surface area contributed by atoms with E-state index in [9.17, 15) is 4.79 Å². The number of ether oxygens (including phenoxy) is 1. The second-order valence-electron chi connectivity index (χ2n) is 4.89. The molecule has 1 N–H and O–H groups in total. The Morgan fingerprint density at radius 3 is 2.65 bits per heavy atom. The second-order valence-corrected chi connectivity index (χ2v) is 5.68. The van der Waals surface area contributed by atoms with Crippen molar-refractivity contribution in [1.29, 1.82) is 5.26 Å². The van der Waals surface area contributed by atoms with E-state index >= 15 is 0 Å². The molecule has 0 aliphatic carbocycles. The lowest BCUT2D eigenvalue weighted by atomic mass is 10.2. The lowest BCUT2D eigenvalue weighted by molar-refractivity contribution is -0.122. The highest BCUT2D eigenvalue weighted by Crippen LogP contribution is 2.33. The predicted molar refractivity (Wildman–Crippen MR) is 91.1 cm³/mol. The number of carbonyl (C=O) groups is 1. The quantitative estimate of drug-likeness (QED) is 0.879. The standard InChI is InChI=1S/C17H14Cl2N2O2/c1-10-13(18)7-8-15(16(10)19)23-11(2)17(22)21-14-6-4-3-5-12(14)9-20/h3-8,11H,1-2H3,(H,21,22). The van der Waals surface area contributed by atoms with Gasteiger partial charge in [-0.05, 0) is 43.7 Å². The number of nitrogens with zero attached hydrogens (tertiary/aromatic N) is 1. The Kier molecular flexibility index (Phi) is 5.49. The van der Waals surface area contributed by atoms with E-state index in [2.05, 4.69) is 5.32 Å². The van der Waals surface area contributed by atoms with Gasteiger partial charge in [0.25, 0.3) is 5.91 Å². The van der Waals surface area contributed by atoms with E-state index in [0.717, 1.165) is 0 Å². The normalized spacial score (nSPS) is 11.4. The van der Waals surface area contributed by atoms with Crippen LogP contribution in [0.2, 0.25) is 10.0 Å². The molecule has 4 nitrogen and oxygen atoms in total. The molecule has 0 bridgehead atoms. The van der Waals surface area contributed by atoms with Gasteiger partial charge in [0.1, 0.15) is 11.8 Å². The van der Waals surface area contributed by atoms with Gasteiger partial charge in [0.05, 0.1) is 16.3 Å². The molecule has 2 aromatic rings. The summed E-state index contributed by atoms with van der Waals surface area (Å²) in [6.45, 7) is 3.37. The van der Waals surface area contributed by atoms with Crippen molar-refractivity contribution < 1.29 is 9.53 Å². The Balaban J connectivity index is 2.12. The zero-order chi connectivity index (χ0) is 17.0. The largest absolute Gasteiger partial charge is 0.479 e. The lowest BCUT2D eigenvalue weighted by Gasteiger charge is -2.17. The fourth-order valence-corrected chi connectivity index (χ4v) is 2.31. The van der Waals surface area contributed by atoms with Gasteiger partial charge in [0.15, 0.2) is 6.10 Å². The van der Waals surface area contributed by atoms with Crippen molar-refractivity contribution in [1.82, 2.24) is 0 Å². The van der Waals surface area contributed by atoms with Crippen LogP contribution < -0.4 is 10.1 Å². The number of para-hydroxylation sites is 1. The molecule has 2 aromatic carbocycles. The number of hydrogen-bond donors (Lipinski definition) is 1. The van der Waals surface area contributed by atoms with E-state index in [0.29, 0.717) is 32.6 Å². The summed E-state index contributed by atoms with van der Waals surface area (Å²) in [4.78, 5) is 12.2. The fraction of sp³-hybridized carbons (Fsp3) is 0.176. The third-order valence-corrected chi connectivity index (χ3v) is 4.14. The fourth-order valence-electron chi connectivity index (χ4n) is 1.90. The Morgan fingerprint density at radius 2 is 1.96 bits per heavy atom. The van der Waals surface area contributed by atoms with Crippen molar-refractivity contribution in [3.63, 3.8) is 0 Å². The molecule has 0 spiro atoms. The van der Waals surface area contributed by atoms with Crippen molar-refractivity contribution in [3.05, 3.63) is 57.6 Å². The predicted octanol–water partition coefficient (Wildman–Crippen LogP) is 4.58. The summed E-state index contributed by atoms with van der Waals surface area (Å²) in [5.41, 5.74) is 1.51. The maximum Gasteiger partial charge on any atom is 0.265 e. The minimum absolute atomic E-state index is 0.370. The van der Waals surface area contributed by atoms with Crippen LogP contribution in [0.4, 0.5) is 5.69 Å². The maximum absolute atomic E-state index is 12.2. The van der Waals surface area contributed by atoms with E-state index < -0.39 is 6.10 Å². The highest BCUT2D eigenvalue weighted by atomic mass is 35.5. The first kappa shape index (κ1) is 17.1. The summed E-state index contributed by atoms with van der Waals surface area (Å²) in [7, 11) is 0. The van der Waals surface area contributed by atoms with Crippen LogP contribution >= 0.6 is 23.2 Å². The van der Waals surface area contributed by atoms with Crippen LogP contribution in [0.3, 0.4) is 0 Å². The van der Waals surface area contributed by atoms with Crippen molar-refractivity contribution in [3.8, 4) is 11.8 Å². The number of amides is 1. The number of hydrogen-bond acceptors (Lipinski definition) is 3. The first-order valence-electron chi connectivity index (χ1n) is 6.85. The zero-order valence-electron chi connectivity index (χ0n) is 12.6. The van der Waals surface area contributed by atoms with Gasteiger partial charge in [-0.25, -0.2) is 0 Å². The van der Waals surface area contributed by atoms with Gasteiger partial charge in [-0.15, -0.1) is 0 Å². The van der Waals surface area contributed by atoms with E-state index in [1.807, 2.05) is 6.07 Å². The lowest BCUT2D eigenvalue weighted by Crippen LogP contribution is -2.30. The summed E-state index contributed by atoms with van der Waals surface area (Å²) in [5.74, 6) is 0.00107. The van der Waals surface area contributed by atoms with Gasteiger partial charge in [0, 0.05) is 5.02 Å². The number of rotatable bonds is 4. The number of anilines is 1. The Hall–Kier alpha value is -2.22. The number of benzene rings is 2. The smallest absolute Gasteiger partial charge is 0.265 e. The molecule has 6 heteroatoms. The summed E-state index contributed by atoms with van der Waals surface area (Å²) < 4.78 is 5.60. The maximum atomic E-state index is 12.2.